The molecule has 1 aliphatic heterocycles. The number of ether oxygens (including phenoxy) is 1. The molecule has 2 rings (SSSR count). The maximum atomic E-state index is 12.0. The number of amides is 1. The summed E-state index contributed by atoms with van der Waals surface area (Å²) in [5.74, 6) is 0.804. The van der Waals surface area contributed by atoms with Crippen molar-refractivity contribution in [1.29, 1.82) is 0 Å². The van der Waals surface area contributed by atoms with Crippen molar-refractivity contribution in [2.75, 3.05) is 26.2 Å². The van der Waals surface area contributed by atoms with Crippen LogP contribution in [0.4, 0.5) is 0 Å². The molecule has 0 bridgehead atoms. The lowest BCUT2D eigenvalue weighted by Gasteiger charge is -2.30. The number of nitrogens with one attached hydrogen (secondary N) is 2. The van der Waals surface area contributed by atoms with Crippen molar-refractivity contribution in [3.05, 3.63) is 28.8 Å². The first-order chi connectivity index (χ1) is 11.5. The second-order valence-corrected chi connectivity index (χ2v) is 7.28. The number of rotatable bonds is 7. The van der Waals surface area contributed by atoms with E-state index in [1.807, 2.05) is 13.8 Å². The Hall–Kier alpha value is -1.55. The van der Waals surface area contributed by atoms with Crippen molar-refractivity contribution in [2.24, 2.45) is 0 Å². The van der Waals surface area contributed by atoms with Gasteiger partial charge in [0.2, 0.25) is 0 Å². The molecule has 1 aliphatic rings. The number of likely N-dealkylation sites (tertiary alicyclic amines) is 1. The zero-order valence-electron chi connectivity index (χ0n) is 15.7. The molecule has 4 nitrogen and oxygen atoms in total. The molecular formula is C20H33N2O2+. The maximum absolute atomic E-state index is 12.0. The molecule has 0 radical (unpaired) electrons. The van der Waals surface area contributed by atoms with Gasteiger partial charge in [0, 0.05) is 13.0 Å². The Morgan fingerprint density at radius 3 is 2.62 bits per heavy atom. The molecule has 1 heterocycles. The highest BCUT2D eigenvalue weighted by atomic mass is 16.5. The molecule has 0 spiro atoms. The van der Waals surface area contributed by atoms with Crippen molar-refractivity contribution >= 4 is 5.91 Å². The molecule has 2 N–H and O–H groups in total. The molecule has 4 heteroatoms. The molecule has 0 aliphatic carbocycles. The summed E-state index contributed by atoms with van der Waals surface area (Å²) in [4.78, 5) is 13.7. The van der Waals surface area contributed by atoms with E-state index in [2.05, 4.69) is 31.3 Å². The number of piperidine rings is 1. The third-order valence-electron chi connectivity index (χ3n) is 5.03. The zero-order chi connectivity index (χ0) is 17.5. The summed E-state index contributed by atoms with van der Waals surface area (Å²) < 4.78 is 5.73. The summed E-state index contributed by atoms with van der Waals surface area (Å²) in [5, 5.41) is 2.98. The van der Waals surface area contributed by atoms with E-state index in [9.17, 15) is 4.79 Å². The molecule has 0 aromatic heterocycles. The summed E-state index contributed by atoms with van der Waals surface area (Å²) in [6, 6.07) is 4.94. The Kier molecular flexibility index (Phi) is 7.10. The summed E-state index contributed by atoms with van der Waals surface area (Å²) >= 11 is 0. The molecular weight excluding hydrogens is 300 g/mol. The van der Waals surface area contributed by atoms with Gasteiger partial charge in [0.05, 0.1) is 19.1 Å². The molecule has 1 aromatic carbocycles. The fraction of sp³-hybridized carbons (Fsp3) is 0.650. The monoisotopic (exact) mass is 333 g/mol. The Bertz CT molecular complexity index is 534. The van der Waals surface area contributed by atoms with Gasteiger partial charge in [-0.05, 0) is 58.1 Å². The lowest BCUT2D eigenvalue weighted by molar-refractivity contribution is -0.928. The Morgan fingerprint density at radius 1 is 1.25 bits per heavy atom. The highest BCUT2D eigenvalue weighted by molar-refractivity contribution is 5.77. The van der Waals surface area contributed by atoms with E-state index in [1.54, 1.807) is 4.90 Å². The zero-order valence-corrected chi connectivity index (χ0v) is 15.7. The molecule has 1 unspecified atom stereocenters. The average molecular weight is 333 g/mol. The van der Waals surface area contributed by atoms with Crippen molar-refractivity contribution in [3.63, 3.8) is 0 Å². The SMILES string of the molecule is Cc1cc(C)c(OCC(=O)NCCC[NH+]2CCCC[C@@H]2C)c(C)c1. The molecule has 1 amide bonds. The van der Waals surface area contributed by atoms with Crippen molar-refractivity contribution in [3.8, 4) is 5.75 Å². The van der Waals surface area contributed by atoms with Crippen LogP contribution in [0.2, 0.25) is 0 Å². The van der Waals surface area contributed by atoms with Gasteiger partial charge in [0.15, 0.2) is 6.61 Å². The van der Waals surface area contributed by atoms with Gasteiger partial charge in [0.1, 0.15) is 5.75 Å². The fourth-order valence-electron chi connectivity index (χ4n) is 3.75. The molecule has 1 fully saturated rings. The molecule has 1 saturated heterocycles. The first kappa shape index (κ1) is 18.8. The Balaban J connectivity index is 1.67. The highest BCUT2D eigenvalue weighted by Crippen LogP contribution is 2.24. The van der Waals surface area contributed by atoms with Crippen molar-refractivity contribution < 1.29 is 14.4 Å². The summed E-state index contributed by atoms with van der Waals surface area (Å²) in [6.07, 6.45) is 5.09. The van der Waals surface area contributed by atoms with Crippen LogP contribution in [0.1, 0.15) is 49.3 Å². The lowest BCUT2D eigenvalue weighted by Crippen LogP contribution is -3.16. The molecule has 0 saturated carbocycles. The summed E-state index contributed by atoms with van der Waals surface area (Å²) in [6.45, 7) is 11.7. The second-order valence-electron chi connectivity index (χ2n) is 7.28. The van der Waals surface area contributed by atoms with Crippen LogP contribution in [0.3, 0.4) is 0 Å². The number of carbonyl (C=O) groups excluding carboxylic acids is 1. The maximum Gasteiger partial charge on any atom is 0.257 e. The van der Waals surface area contributed by atoms with Crippen LogP contribution in [0.25, 0.3) is 0 Å². The van der Waals surface area contributed by atoms with E-state index < -0.39 is 0 Å². The first-order valence-corrected chi connectivity index (χ1v) is 9.29. The fourth-order valence-corrected chi connectivity index (χ4v) is 3.75. The van der Waals surface area contributed by atoms with Crippen molar-refractivity contribution in [1.82, 2.24) is 5.32 Å². The van der Waals surface area contributed by atoms with Gasteiger partial charge in [-0.3, -0.25) is 4.79 Å². The van der Waals surface area contributed by atoms with Crippen LogP contribution in [0.15, 0.2) is 12.1 Å². The van der Waals surface area contributed by atoms with Gasteiger partial charge in [-0.2, -0.15) is 0 Å². The summed E-state index contributed by atoms with van der Waals surface area (Å²) in [7, 11) is 0. The minimum atomic E-state index is -0.0314. The summed E-state index contributed by atoms with van der Waals surface area (Å²) in [5.41, 5.74) is 3.39. The third-order valence-corrected chi connectivity index (χ3v) is 5.03. The van der Waals surface area contributed by atoms with Gasteiger partial charge in [-0.25, -0.2) is 0 Å². The molecule has 24 heavy (non-hydrogen) atoms. The third kappa shape index (κ3) is 5.52. The molecule has 2 atom stereocenters. The minimum absolute atomic E-state index is 0.0314. The lowest BCUT2D eigenvalue weighted by atomic mass is 10.0. The second kappa shape index (κ2) is 9.07. The van der Waals surface area contributed by atoms with E-state index in [-0.39, 0.29) is 12.5 Å². The molecule has 1 aromatic rings. The van der Waals surface area contributed by atoms with Crippen LogP contribution in [0.5, 0.6) is 5.75 Å². The largest absolute Gasteiger partial charge is 0.483 e. The van der Waals surface area contributed by atoms with Gasteiger partial charge in [-0.15, -0.1) is 0 Å². The predicted octanol–water partition coefficient (Wildman–Crippen LogP) is 1.95. The van der Waals surface area contributed by atoms with Crippen LogP contribution in [-0.2, 0) is 4.79 Å². The van der Waals surface area contributed by atoms with E-state index in [4.69, 9.17) is 4.74 Å². The number of aryl methyl sites for hydroxylation is 3. The topological polar surface area (TPSA) is 42.8 Å². The Morgan fingerprint density at radius 2 is 1.96 bits per heavy atom. The van der Waals surface area contributed by atoms with Crippen LogP contribution < -0.4 is 15.0 Å². The smallest absolute Gasteiger partial charge is 0.257 e. The number of quaternary nitrogens is 1. The van der Waals surface area contributed by atoms with Crippen molar-refractivity contribution in [2.45, 2.75) is 59.4 Å². The van der Waals surface area contributed by atoms with Crippen LogP contribution >= 0.6 is 0 Å². The number of hydrogen-bond acceptors (Lipinski definition) is 2. The Labute approximate surface area is 146 Å². The number of hydrogen-bond donors (Lipinski definition) is 2. The van der Waals surface area contributed by atoms with Crippen LogP contribution in [0, 0.1) is 20.8 Å². The predicted molar refractivity (Wildman–Crippen MR) is 97.8 cm³/mol. The first-order valence-electron chi connectivity index (χ1n) is 9.29. The quantitative estimate of drug-likeness (QED) is 0.749. The average Bonchev–Trinajstić information content (AvgIpc) is 2.52. The van der Waals surface area contributed by atoms with Gasteiger partial charge in [-0.1, -0.05) is 17.7 Å². The van der Waals surface area contributed by atoms with Crippen LogP contribution in [-0.4, -0.2) is 38.2 Å². The van der Waals surface area contributed by atoms with E-state index >= 15 is 0 Å². The van der Waals surface area contributed by atoms with E-state index in [0.29, 0.717) is 0 Å². The normalized spacial score (nSPS) is 20.7. The standard InChI is InChI=1S/C20H32N2O2/c1-15-12-16(2)20(17(3)13-15)24-14-19(23)21-9-7-11-22-10-6-5-8-18(22)4/h12-13,18H,5-11,14H2,1-4H3,(H,21,23)/p+1/t18-/m0/s1. The number of benzene rings is 1. The van der Waals surface area contributed by atoms with E-state index in [1.165, 1.54) is 31.4 Å². The minimum Gasteiger partial charge on any atom is -0.483 e. The molecule has 134 valence electrons. The number of carbonyl (C=O) groups is 1. The van der Waals surface area contributed by atoms with Gasteiger partial charge >= 0.3 is 0 Å². The van der Waals surface area contributed by atoms with E-state index in [0.717, 1.165) is 42.4 Å². The van der Waals surface area contributed by atoms with Gasteiger partial charge in [0.25, 0.3) is 5.91 Å². The highest BCUT2D eigenvalue weighted by Gasteiger charge is 2.20. The van der Waals surface area contributed by atoms with Gasteiger partial charge < -0.3 is 15.0 Å².